The number of nitrogens with two attached hydrogens (primary N) is 1. The molecule has 0 aliphatic carbocycles. The molecule has 6 N–H and O–H groups in total. The van der Waals surface area contributed by atoms with E-state index in [0.717, 1.165) is 0 Å². The molecule has 1 rings (SSSR count). The van der Waals surface area contributed by atoms with Crippen LogP contribution in [0.4, 0.5) is 0 Å². The molecule has 1 fully saturated rings. The van der Waals surface area contributed by atoms with E-state index < -0.39 is 30.1 Å². The zero-order valence-corrected chi connectivity index (χ0v) is 9.96. The van der Waals surface area contributed by atoms with Crippen LogP contribution in [0.15, 0.2) is 0 Å². The van der Waals surface area contributed by atoms with Crippen molar-refractivity contribution < 1.29 is 24.9 Å². The SMILES string of the molecule is CC(C)C(N)C(=O)O.O=C(O)[C@@H]1C[C@@H](O)CN1. The number of hydrogen-bond donors (Lipinski definition) is 5. The fourth-order valence-corrected chi connectivity index (χ4v) is 1.19. The summed E-state index contributed by atoms with van der Waals surface area (Å²) < 4.78 is 0. The second kappa shape index (κ2) is 7.21. The monoisotopic (exact) mass is 248 g/mol. The van der Waals surface area contributed by atoms with Crippen molar-refractivity contribution in [3.63, 3.8) is 0 Å². The van der Waals surface area contributed by atoms with Crippen LogP contribution >= 0.6 is 0 Å². The number of nitrogens with one attached hydrogen (secondary N) is 1. The Morgan fingerprint density at radius 1 is 1.35 bits per heavy atom. The summed E-state index contributed by atoms with van der Waals surface area (Å²) in [5.74, 6) is -1.79. The Hall–Kier alpha value is -1.18. The first-order valence-corrected chi connectivity index (χ1v) is 5.38. The van der Waals surface area contributed by atoms with Gasteiger partial charge >= 0.3 is 11.9 Å². The highest BCUT2D eigenvalue weighted by Gasteiger charge is 2.27. The van der Waals surface area contributed by atoms with Crippen molar-refractivity contribution in [3.05, 3.63) is 0 Å². The van der Waals surface area contributed by atoms with Gasteiger partial charge in [0.15, 0.2) is 0 Å². The van der Waals surface area contributed by atoms with Gasteiger partial charge in [-0.3, -0.25) is 9.59 Å². The molecule has 0 aromatic heterocycles. The molecule has 0 radical (unpaired) electrons. The Morgan fingerprint density at radius 2 is 1.88 bits per heavy atom. The van der Waals surface area contributed by atoms with Crippen molar-refractivity contribution in [2.75, 3.05) is 6.54 Å². The summed E-state index contributed by atoms with van der Waals surface area (Å²) in [6.07, 6.45) is -0.152. The minimum Gasteiger partial charge on any atom is -0.480 e. The Labute approximate surface area is 99.6 Å². The van der Waals surface area contributed by atoms with Gasteiger partial charge in [-0.05, 0) is 5.92 Å². The fourth-order valence-electron chi connectivity index (χ4n) is 1.19. The Bertz CT molecular complexity index is 269. The van der Waals surface area contributed by atoms with Crippen LogP contribution in [0.3, 0.4) is 0 Å². The van der Waals surface area contributed by atoms with E-state index >= 15 is 0 Å². The van der Waals surface area contributed by atoms with Gasteiger partial charge in [0.05, 0.1) is 6.10 Å². The largest absolute Gasteiger partial charge is 0.480 e. The van der Waals surface area contributed by atoms with Crippen molar-refractivity contribution >= 4 is 11.9 Å². The lowest BCUT2D eigenvalue weighted by molar-refractivity contribution is -0.140. The number of carbonyl (C=O) groups is 2. The van der Waals surface area contributed by atoms with Gasteiger partial charge in [0.1, 0.15) is 12.1 Å². The van der Waals surface area contributed by atoms with E-state index in [1.165, 1.54) is 0 Å². The van der Waals surface area contributed by atoms with Gasteiger partial charge in [0.2, 0.25) is 0 Å². The molecule has 3 atom stereocenters. The van der Waals surface area contributed by atoms with E-state index in [4.69, 9.17) is 21.1 Å². The normalized spacial score (nSPS) is 25.0. The second-order valence-electron chi connectivity index (χ2n) is 4.30. The van der Waals surface area contributed by atoms with Crippen LogP contribution in [0.1, 0.15) is 20.3 Å². The highest BCUT2D eigenvalue weighted by Crippen LogP contribution is 2.05. The summed E-state index contributed by atoms with van der Waals surface area (Å²) in [5, 5.41) is 28.1. The minimum absolute atomic E-state index is 0.0208. The number of aliphatic hydroxyl groups excluding tert-OH is 1. The molecule has 1 unspecified atom stereocenters. The molecule has 1 aliphatic heterocycles. The van der Waals surface area contributed by atoms with Gasteiger partial charge in [-0.2, -0.15) is 0 Å². The Morgan fingerprint density at radius 3 is 2.00 bits per heavy atom. The van der Waals surface area contributed by atoms with Crippen molar-refractivity contribution in [1.82, 2.24) is 5.32 Å². The summed E-state index contributed by atoms with van der Waals surface area (Å²) in [5.41, 5.74) is 5.16. The topological polar surface area (TPSA) is 133 Å². The standard InChI is InChI=1S/C5H9NO3.C5H11NO2/c7-3-1-4(5(8)9)6-2-3;1-3(2)4(6)5(7)8/h3-4,6-7H,1-2H2,(H,8,9);3-4H,6H2,1-2H3,(H,7,8)/t3-,4+;/m1./s1. The summed E-state index contributed by atoms with van der Waals surface area (Å²) in [4.78, 5) is 20.2. The molecule has 1 saturated heterocycles. The third-order valence-electron chi connectivity index (χ3n) is 2.41. The fraction of sp³-hybridized carbons (Fsp3) is 0.800. The first-order chi connectivity index (χ1) is 7.75. The van der Waals surface area contributed by atoms with Gasteiger partial charge in [-0.25, -0.2) is 0 Å². The molecule has 7 heteroatoms. The molecule has 0 spiro atoms. The number of hydrogen-bond acceptors (Lipinski definition) is 5. The maximum absolute atomic E-state index is 10.2. The van der Waals surface area contributed by atoms with Crippen LogP contribution in [0.5, 0.6) is 0 Å². The molecule has 0 bridgehead atoms. The summed E-state index contributed by atoms with van der Waals surface area (Å²) in [6.45, 7) is 3.95. The van der Waals surface area contributed by atoms with E-state index in [0.29, 0.717) is 13.0 Å². The van der Waals surface area contributed by atoms with E-state index in [2.05, 4.69) is 5.32 Å². The Balaban J connectivity index is 0.000000304. The average Bonchev–Trinajstić information content (AvgIpc) is 2.64. The van der Waals surface area contributed by atoms with E-state index in [1.54, 1.807) is 13.8 Å². The van der Waals surface area contributed by atoms with E-state index in [-0.39, 0.29) is 5.92 Å². The average molecular weight is 248 g/mol. The Kier molecular flexibility index (Phi) is 6.71. The second-order valence-corrected chi connectivity index (χ2v) is 4.30. The van der Waals surface area contributed by atoms with Crippen molar-refractivity contribution in [2.45, 2.75) is 38.5 Å². The van der Waals surface area contributed by atoms with Gasteiger partial charge in [-0.15, -0.1) is 0 Å². The molecule has 1 heterocycles. The third-order valence-corrected chi connectivity index (χ3v) is 2.41. The van der Waals surface area contributed by atoms with Gasteiger partial charge in [0, 0.05) is 13.0 Å². The number of carboxylic acid groups (broad SMARTS) is 2. The van der Waals surface area contributed by atoms with E-state index in [1.807, 2.05) is 0 Å². The molecule has 0 aromatic rings. The molecule has 100 valence electrons. The molecule has 0 saturated carbocycles. The molecule has 17 heavy (non-hydrogen) atoms. The van der Waals surface area contributed by atoms with Gasteiger partial charge < -0.3 is 26.4 Å². The minimum atomic E-state index is -0.931. The van der Waals surface area contributed by atoms with Crippen LogP contribution in [0.2, 0.25) is 0 Å². The van der Waals surface area contributed by atoms with Crippen LogP contribution in [-0.4, -0.2) is 52.0 Å². The number of carboxylic acids is 2. The maximum Gasteiger partial charge on any atom is 0.320 e. The molecule has 1 aliphatic rings. The van der Waals surface area contributed by atoms with Crippen LogP contribution in [0, 0.1) is 5.92 Å². The first-order valence-electron chi connectivity index (χ1n) is 5.38. The lowest BCUT2D eigenvalue weighted by atomic mass is 10.1. The van der Waals surface area contributed by atoms with Crippen molar-refractivity contribution in [1.29, 1.82) is 0 Å². The predicted molar refractivity (Wildman–Crippen MR) is 60.5 cm³/mol. The number of β-amino-alcohol motifs (C(OH)–C–C–N with tert-alkyl or cyclic N) is 1. The van der Waals surface area contributed by atoms with Gasteiger partial charge in [0.25, 0.3) is 0 Å². The number of rotatable bonds is 3. The quantitative estimate of drug-likeness (QED) is 0.426. The molecular formula is C10H20N2O5. The van der Waals surface area contributed by atoms with Crippen LogP contribution < -0.4 is 11.1 Å². The highest BCUT2D eigenvalue weighted by molar-refractivity contribution is 5.74. The molecule has 0 aromatic carbocycles. The zero-order chi connectivity index (χ0) is 13.6. The number of aliphatic hydroxyl groups is 1. The molecular weight excluding hydrogens is 228 g/mol. The van der Waals surface area contributed by atoms with Crippen molar-refractivity contribution in [3.8, 4) is 0 Å². The smallest absolute Gasteiger partial charge is 0.320 e. The maximum atomic E-state index is 10.2. The summed E-state index contributed by atoms with van der Waals surface area (Å²) in [6, 6.07) is -1.25. The molecule has 0 amide bonds. The zero-order valence-electron chi connectivity index (χ0n) is 9.96. The lowest BCUT2D eigenvalue weighted by Gasteiger charge is -2.07. The van der Waals surface area contributed by atoms with E-state index in [9.17, 15) is 9.59 Å². The lowest BCUT2D eigenvalue weighted by Crippen LogP contribution is -2.34. The van der Waals surface area contributed by atoms with Crippen LogP contribution in [-0.2, 0) is 9.59 Å². The summed E-state index contributed by atoms with van der Waals surface area (Å²) in [7, 11) is 0. The molecule has 7 nitrogen and oxygen atoms in total. The van der Waals surface area contributed by atoms with Gasteiger partial charge in [-0.1, -0.05) is 13.8 Å². The van der Waals surface area contributed by atoms with Crippen LogP contribution in [0.25, 0.3) is 0 Å². The third kappa shape index (κ3) is 6.20. The highest BCUT2D eigenvalue weighted by atomic mass is 16.4. The number of aliphatic carboxylic acids is 2. The first kappa shape index (κ1) is 15.8. The summed E-state index contributed by atoms with van der Waals surface area (Å²) >= 11 is 0. The van der Waals surface area contributed by atoms with Crippen molar-refractivity contribution in [2.24, 2.45) is 11.7 Å². The predicted octanol–water partition coefficient (Wildman–Crippen LogP) is -1.15.